The molecule has 0 bridgehead atoms. The molecule has 3 rings (SSSR count). The van der Waals surface area contributed by atoms with Crippen molar-refractivity contribution in [1.82, 2.24) is 9.97 Å². The van der Waals surface area contributed by atoms with Crippen molar-refractivity contribution in [2.45, 2.75) is 18.6 Å². The number of aryl methyl sites for hydroxylation is 1. The minimum Gasteiger partial charge on any atom is -0.431 e. The molecule has 0 atom stereocenters. The molecule has 0 unspecified atom stereocenters. The number of benzene rings is 1. The van der Waals surface area contributed by atoms with Crippen molar-refractivity contribution >= 4 is 34.6 Å². The highest BCUT2D eigenvalue weighted by atomic mass is 32.2. The summed E-state index contributed by atoms with van der Waals surface area (Å²) in [5, 5.41) is 3.37. The lowest BCUT2D eigenvalue weighted by Crippen LogP contribution is -2.13. The van der Waals surface area contributed by atoms with E-state index in [-0.39, 0.29) is 5.91 Å². The van der Waals surface area contributed by atoms with E-state index in [1.165, 1.54) is 11.8 Å². The summed E-state index contributed by atoms with van der Waals surface area (Å²) in [7, 11) is 0. The van der Waals surface area contributed by atoms with Crippen molar-refractivity contribution in [2.24, 2.45) is 0 Å². The van der Waals surface area contributed by atoms with E-state index in [2.05, 4.69) is 15.3 Å². The predicted octanol–water partition coefficient (Wildman–Crippen LogP) is 3.65. The molecule has 112 valence electrons. The van der Waals surface area contributed by atoms with Crippen molar-refractivity contribution in [1.29, 1.82) is 0 Å². The topological polar surface area (TPSA) is 68.0 Å². The second kappa shape index (κ2) is 6.62. The molecule has 22 heavy (non-hydrogen) atoms. The summed E-state index contributed by atoms with van der Waals surface area (Å²) in [4.78, 5) is 20.3. The van der Waals surface area contributed by atoms with Gasteiger partial charge in [-0.15, -0.1) is 0 Å². The van der Waals surface area contributed by atoms with Gasteiger partial charge in [-0.25, -0.2) is 9.97 Å². The Morgan fingerprint density at radius 1 is 1.32 bits per heavy atom. The molecule has 3 aromatic rings. The number of aromatic nitrogens is 2. The van der Waals surface area contributed by atoms with E-state index < -0.39 is 0 Å². The minimum atomic E-state index is -0.0679. The maximum absolute atomic E-state index is 11.9. The maximum atomic E-state index is 11.9. The first-order valence-corrected chi connectivity index (χ1v) is 7.90. The molecule has 0 radical (unpaired) electrons. The number of nitrogens with one attached hydrogen (secondary N) is 1. The summed E-state index contributed by atoms with van der Waals surface area (Å²) >= 11 is 1.43. The lowest BCUT2D eigenvalue weighted by Gasteiger charge is -2.04. The van der Waals surface area contributed by atoms with Crippen LogP contribution in [-0.4, -0.2) is 21.6 Å². The van der Waals surface area contributed by atoms with E-state index in [1.807, 2.05) is 43.3 Å². The van der Waals surface area contributed by atoms with Gasteiger partial charge in [0.15, 0.2) is 5.58 Å². The number of carbonyl (C=O) groups is 1. The molecule has 0 fully saturated rings. The van der Waals surface area contributed by atoms with Crippen LogP contribution < -0.4 is 5.32 Å². The van der Waals surface area contributed by atoms with Gasteiger partial charge in [-0.2, -0.15) is 0 Å². The summed E-state index contributed by atoms with van der Waals surface area (Å²) in [6.45, 7) is 1.96. The van der Waals surface area contributed by atoms with Crippen LogP contribution in [0.25, 0.3) is 11.1 Å². The van der Waals surface area contributed by atoms with Crippen LogP contribution in [0.15, 0.2) is 52.2 Å². The van der Waals surface area contributed by atoms with Gasteiger partial charge in [0, 0.05) is 18.4 Å². The van der Waals surface area contributed by atoms with E-state index in [1.54, 1.807) is 6.20 Å². The Balaban J connectivity index is 1.51. The zero-order valence-electron chi connectivity index (χ0n) is 12.1. The lowest BCUT2D eigenvalue weighted by molar-refractivity contribution is -0.115. The van der Waals surface area contributed by atoms with Gasteiger partial charge in [-0.05, 0) is 36.8 Å². The fourth-order valence-corrected chi connectivity index (χ4v) is 2.73. The van der Waals surface area contributed by atoms with Gasteiger partial charge in [0.2, 0.25) is 5.91 Å². The molecule has 1 aromatic carbocycles. The number of oxazole rings is 1. The van der Waals surface area contributed by atoms with Crippen molar-refractivity contribution in [3.05, 3.63) is 48.2 Å². The third-order valence-electron chi connectivity index (χ3n) is 3.01. The second-order valence-corrected chi connectivity index (χ2v) is 5.86. The molecule has 2 heterocycles. The molecule has 0 saturated heterocycles. The van der Waals surface area contributed by atoms with Crippen LogP contribution in [0.4, 0.5) is 5.82 Å². The third-order valence-corrected chi connectivity index (χ3v) is 3.84. The van der Waals surface area contributed by atoms with E-state index in [0.29, 0.717) is 23.2 Å². The van der Waals surface area contributed by atoms with Crippen LogP contribution in [0.2, 0.25) is 0 Å². The number of thioether (sulfide) groups is 1. The molecule has 6 heteroatoms. The SMILES string of the molecule is Cc1ccnc(NC(=O)CCSc2nc3ccccc3o2)c1. The average Bonchev–Trinajstić information content (AvgIpc) is 2.90. The number of fused-ring (bicyclic) bond motifs is 1. The number of para-hydroxylation sites is 2. The number of pyridine rings is 1. The summed E-state index contributed by atoms with van der Waals surface area (Å²) in [5.74, 6) is 1.11. The summed E-state index contributed by atoms with van der Waals surface area (Å²) in [6.07, 6.45) is 2.05. The van der Waals surface area contributed by atoms with Crippen LogP contribution in [0.1, 0.15) is 12.0 Å². The quantitative estimate of drug-likeness (QED) is 0.728. The predicted molar refractivity (Wildman–Crippen MR) is 87.0 cm³/mol. The molecular weight excluding hydrogens is 298 g/mol. The molecule has 1 N–H and O–H groups in total. The number of amides is 1. The summed E-state index contributed by atoms with van der Waals surface area (Å²) in [6, 6.07) is 11.3. The van der Waals surface area contributed by atoms with E-state index in [9.17, 15) is 4.79 Å². The largest absolute Gasteiger partial charge is 0.431 e. The number of hydrogen-bond donors (Lipinski definition) is 1. The standard InChI is InChI=1S/C16H15N3O2S/c1-11-6-8-17-14(10-11)19-15(20)7-9-22-16-18-12-4-2-3-5-13(12)21-16/h2-6,8,10H,7,9H2,1H3,(H,17,19,20). The van der Waals surface area contributed by atoms with Crippen molar-refractivity contribution in [3.8, 4) is 0 Å². The monoisotopic (exact) mass is 313 g/mol. The molecular formula is C16H15N3O2S. The van der Waals surface area contributed by atoms with Crippen molar-refractivity contribution in [2.75, 3.05) is 11.1 Å². The molecule has 5 nitrogen and oxygen atoms in total. The Morgan fingerprint density at radius 3 is 3.00 bits per heavy atom. The van der Waals surface area contributed by atoms with Crippen LogP contribution in [0.3, 0.4) is 0 Å². The van der Waals surface area contributed by atoms with Gasteiger partial charge in [0.25, 0.3) is 5.22 Å². The van der Waals surface area contributed by atoms with Crippen LogP contribution >= 0.6 is 11.8 Å². The Hall–Kier alpha value is -2.34. The van der Waals surface area contributed by atoms with Gasteiger partial charge in [0.05, 0.1) is 0 Å². The van der Waals surface area contributed by atoms with Crippen LogP contribution in [-0.2, 0) is 4.79 Å². The first-order valence-electron chi connectivity index (χ1n) is 6.91. The highest BCUT2D eigenvalue weighted by Gasteiger charge is 2.08. The number of rotatable bonds is 5. The molecule has 0 saturated carbocycles. The average molecular weight is 313 g/mol. The molecule has 1 amide bonds. The molecule has 2 aromatic heterocycles. The van der Waals surface area contributed by atoms with Gasteiger partial charge in [-0.1, -0.05) is 23.9 Å². The van der Waals surface area contributed by atoms with E-state index >= 15 is 0 Å². The summed E-state index contributed by atoms with van der Waals surface area (Å²) < 4.78 is 5.59. The van der Waals surface area contributed by atoms with Gasteiger partial charge < -0.3 is 9.73 Å². The maximum Gasteiger partial charge on any atom is 0.256 e. The number of carbonyl (C=O) groups excluding carboxylic acids is 1. The second-order valence-electron chi connectivity index (χ2n) is 4.81. The fourth-order valence-electron chi connectivity index (χ4n) is 1.95. The molecule has 0 aliphatic carbocycles. The normalized spacial score (nSPS) is 10.8. The number of hydrogen-bond acceptors (Lipinski definition) is 5. The number of nitrogens with zero attached hydrogens (tertiary/aromatic N) is 2. The minimum absolute atomic E-state index is 0.0679. The molecule has 0 spiro atoms. The summed E-state index contributed by atoms with van der Waals surface area (Å²) in [5.41, 5.74) is 2.66. The Kier molecular flexibility index (Phi) is 4.39. The van der Waals surface area contributed by atoms with Crippen LogP contribution in [0.5, 0.6) is 0 Å². The zero-order valence-corrected chi connectivity index (χ0v) is 12.9. The third kappa shape index (κ3) is 3.65. The lowest BCUT2D eigenvalue weighted by atomic mass is 10.3. The highest BCUT2D eigenvalue weighted by Crippen LogP contribution is 2.23. The fraction of sp³-hybridized carbons (Fsp3) is 0.188. The van der Waals surface area contributed by atoms with Gasteiger partial charge in [0.1, 0.15) is 11.3 Å². The van der Waals surface area contributed by atoms with E-state index in [0.717, 1.165) is 16.7 Å². The Bertz CT molecular complexity index is 768. The first-order chi connectivity index (χ1) is 10.7. The van der Waals surface area contributed by atoms with Gasteiger partial charge >= 0.3 is 0 Å². The van der Waals surface area contributed by atoms with Crippen LogP contribution in [0, 0.1) is 6.92 Å². The molecule has 0 aliphatic rings. The first kappa shape index (κ1) is 14.6. The van der Waals surface area contributed by atoms with Crippen molar-refractivity contribution < 1.29 is 9.21 Å². The Morgan fingerprint density at radius 2 is 2.18 bits per heavy atom. The van der Waals surface area contributed by atoms with Gasteiger partial charge in [-0.3, -0.25) is 4.79 Å². The molecule has 0 aliphatic heterocycles. The van der Waals surface area contributed by atoms with E-state index in [4.69, 9.17) is 4.42 Å². The Labute approximate surface area is 132 Å². The smallest absolute Gasteiger partial charge is 0.256 e. The number of anilines is 1. The highest BCUT2D eigenvalue weighted by molar-refractivity contribution is 7.99. The van der Waals surface area contributed by atoms with Crippen molar-refractivity contribution in [3.63, 3.8) is 0 Å². The zero-order chi connectivity index (χ0) is 15.4.